The van der Waals surface area contributed by atoms with Crippen molar-refractivity contribution >= 4 is 40.4 Å². The van der Waals surface area contributed by atoms with E-state index in [9.17, 15) is 4.79 Å². The second-order valence-electron chi connectivity index (χ2n) is 7.01. The fourth-order valence-electron chi connectivity index (χ4n) is 3.41. The van der Waals surface area contributed by atoms with Crippen LogP contribution in [0.3, 0.4) is 0 Å². The summed E-state index contributed by atoms with van der Waals surface area (Å²) >= 11 is 2.99. The Bertz CT molecular complexity index is 1140. The van der Waals surface area contributed by atoms with Crippen LogP contribution in [0.5, 0.6) is 0 Å². The monoisotopic (exact) mass is 463 g/mol. The molecule has 8 heteroatoms. The molecule has 1 N–H and O–H groups in total. The molecule has 0 saturated heterocycles. The van der Waals surface area contributed by atoms with Crippen molar-refractivity contribution in [3.8, 4) is 16.4 Å². The summed E-state index contributed by atoms with van der Waals surface area (Å²) in [5.74, 6) is 0.944. The number of nitrogens with one attached hydrogen (secondary N) is 1. The van der Waals surface area contributed by atoms with E-state index in [2.05, 4.69) is 34.3 Å². The van der Waals surface area contributed by atoms with Gasteiger partial charge in [0.15, 0.2) is 11.0 Å². The number of benzene rings is 2. The van der Waals surface area contributed by atoms with E-state index < -0.39 is 0 Å². The third kappa shape index (κ3) is 5.03. The molecule has 2 aromatic heterocycles. The molecule has 0 saturated carbocycles. The number of aromatic nitrogens is 3. The van der Waals surface area contributed by atoms with Gasteiger partial charge in [0.05, 0.1) is 10.6 Å². The van der Waals surface area contributed by atoms with Crippen LogP contribution in [0.4, 0.5) is 11.4 Å². The molecule has 164 valence electrons. The molecule has 1 amide bonds. The Morgan fingerprint density at radius 1 is 1.00 bits per heavy atom. The van der Waals surface area contributed by atoms with Crippen LogP contribution in [0.2, 0.25) is 0 Å². The Hall–Kier alpha value is -3.10. The molecule has 0 bridgehead atoms. The van der Waals surface area contributed by atoms with Gasteiger partial charge in [-0.05, 0) is 61.7 Å². The predicted octanol–water partition coefficient (Wildman–Crippen LogP) is 5.57. The predicted molar refractivity (Wildman–Crippen MR) is 134 cm³/mol. The topological polar surface area (TPSA) is 63.1 Å². The number of nitrogens with zero attached hydrogens (tertiary/aromatic N) is 4. The maximum atomic E-state index is 12.6. The van der Waals surface area contributed by atoms with Gasteiger partial charge in [-0.1, -0.05) is 36.0 Å². The largest absolute Gasteiger partial charge is 0.372 e. The van der Waals surface area contributed by atoms with E-state index in [4.69, 9.17) is 0 Å². The van der Waals surface area contributed by atoms with Crippen molar-refractivity contribution in [2.75, 3.05) is 29.1 Å². The molecule has 0 spiro atoms. The van der Waals surface area contributed by atoms with Crippen molar-refractivity contribution in [3.63, 3.8) is 0 Å². The van der Waals surface area contributed by atoms with Crippen LogP contribution in [-0.2, 0) is 4.79 Å². The van der Waals surface area contributed by atoms with Gasteiger partial charge in [-0.2, -0.15) is 0 Å². The van der Waals surface area contributed by atoms with E-state index in [-0.39, 0.29) is 11.7 Å². The lowest BCUT2D eigenvalue weighted by atomic mass is 10.2. The fourth-order valence-corrected chi connectivity index (χ4v) is 4.86. The van der Waals surface area contributed by atoms with Crippen LogP contribution in [0, 0.1) is 0 Å². The number of hydrogen-bond acceptors (Lipinski definition) is 6. The number of rotatable bonds is 9. The summed E-state index contributed by atoms with van der Waals surface area (Å²) in [6.07, 6.45) is 0. The van der Waals surface area contributed by atoms with Crippen LogP contribution in [0.1, 0.15) is 13.8 Å². The van der Waals surface area contributed by atoms with Crippen molar-refractivity contribution < 1.29 is 4.79 Å². The Kier molecular flexibility index (Phi) is 7.24. The SMILES string of the molecule is CCN(CC)c1ccc(NC(=O)CSc2nnc(-c3cccs3)n2-c2ccccc2)cc1. The molecule has 0 fully saturated rings. The third-order valence-electron chi connectivity index (χ3n) is 5.00. The van der Waals surface area contributed by atoms with Gasteiger partial charge >= 0.3 is 0 Å². The summed E-state index contributed by atoms with van der Waals surface area (Å²) in [7, 11) is 0. The second kappa shape index (κ2) is 10.5. The van der Waals surface area contributed by atoms with Gasteiger partial charge in [-0.15, -0.1) is 21.5 Å². The minimum atomic E-state index is -0.0779. The summed E-state index contributed by atoms with van der Waals surface area (Å²) < 4.78 is 2.00. The second-order valence-corrected chi connectivity index (χ2v) is 8.90. The van der Waals surface area contributed by atoms with E-state index >= 15 is 0 Å². The first-order valence-corrected chi connectivity index (χ1v) is 12.4. The van der Waals surface area contributed by atoms with Gasteiger partial charge in [-0.25, -0.2) is 0 Å². The molecular weight excluding hydrogens is 438 g/mol. The Morgan fingerprint density at radius 2 is 1.75 bits per heavy atom. The molecule has 0 aliphatic carbocycles. The lowest BCUT2D eigenvalue weighted by Crippen LogP contribution is -2.21. The molecule has 0 aliphatic rings. The molecule has 4 rings (SSSR count). The molecule has 2 heterocycles. The van der Waals surface area contributed by atoms with E-state index in [0.29, 0.717) is 5.16 Å². The molecule has 4 aromatic rings. The first-order valence-electron chi connectivity index (χ1n) is 10.5. The molecule has 32 heavy (non-hydrogen) atoms. The van der Waals surface area contributed by atoms with Gasteiger partial charge in [0.1, 0.15) is 0 Å². The first kappa shape index (κ1) is 22.1. The molecule has 0 atom stereocenters. The van der Waals surface area contributed by atoms with E-state index in [0.717, 1.165) is 40.9 Å². The summed E-state index contributed by atoms with van der Waals surface area (Å²) in [4.78, 5) is 15.9. The van der Waals surface area contributed by atoms with E-state index in [1.54, 1.807) is 11.3 Å². The zero-order valence-electron chi connectivity index (χ0n) is 18.1. The Balaban J connectivity index is 1.46. The third-order valence-corrected chi connectivity index (χ3v) is 6.80. The molecule has 0 unspecified atom stereocenters. The minimum Gasteiger partial charge on any atom is -0.372 e. The van der Waals surface area contributed by atoms with E-state index in [1.165, 1.54) is 11.8 Å². The molecule has 0 radical (unpaired) electrons. The number of para-hydroxylation sites is 1. The average Bonchev–Trinajstić information content (AvgIpc) is 3.50. The maximum Gasteiger partial charge on any atom is 0.234 e. The quantitative estimate of drug-likeness (QED) is 0.329. The number of carbonyl (C=O) groups excluding carboxylic acids is 1. The number of anilines is 2. The number of thiophene rings is 1. The van der Waals surface area contributed by atoms with Gasteiger partial charge in [-0.3, -0.25) is 9.36 Å². The lowest BCUT2D eigenvalue weighted by Gasteiger charge is -2.21. The minimum absolute atomic E-state index is 0.0779. The van der Waals surface area contributed by atoms with Crippen LogP contribution in [0.25, 0.3) is 16.4 Å². The van der Waals surface area contributed by atoms with Crippen LogP contribution >= 0.6 is 23.1 Å². The van der Waals surface area contributed by atoms with Crippen molar-refractivity contribution in [3.05, 3.63) is 72.1 Å². The van der Waals surface area contributed by atoms with Crippen molar-refractivity contribution in [1.82, 2.24) is 14.8 Å². The van der Waals surface area contributed by atoms with Crippen molar-refractivity contribution in [2.24, 2.45) is 0 Å². The molecule has 0 aliphatic heterocycles. The number of carbonyl (C=O) groups is 1. The number of amides is 1. The highest BCUT2D eigenvalue weighted by Gasteiger charge is 2.18. The summed E-state index contributed by atoms with van der Waals surface area (Å²) in [6.45, 7) is 6.17. The summed E-state index contributed by atoms with van der Waals surface area (Å²) in [6, 6.07) is 22.0. The van der Waals surface area contributed by atoms with Crippen molar-refractivity contribution in [1.29, 1.82) is 0 Å². The Morgan fingerprint density at radius 3 is 2.41 bits per heavy atom. The first-order chi connectivity index (χ1) is 15.7. The molecule has 6 nitrogen and oxygen atoms in total. The molecular formula is C24H25N5OS2. The van der Waals surface area contributed by atoms with Crippen LogP contribution in [-0.4, -0.2) is 39.5 Å². The van der Waals surface area contributed by atoms with Crippen molar-refractivity contribution in [2.45, 2.75) is 19.0 Å². The normalized spacial score (nSPS) is 10.8. The molecule has 2 aromatic carbocycles. The maximum absolute atomic E-state index is 12.6. The highest BCUT2D eigenvalue weighted by Crippen LogP contribution is 2.30. The smallest absolute Gasteiger partial charge is 0.234 e. The van der Waals surface area contributed by atoms with Gasteiger partial charge < -0.3 is 10.2 Å². The van der Waals surface area contributed by atoms with Crippen LogP contribution in [0.15, 0.2) is 77.3 Å². The Labute approximate surface area is 196 Å². The van der Waals surface area contributed by atoms with Gasteiger partial charge in [0, 0.05) is 30.2 Å². The average molecular weight is 464 g/mol. The fraction of sp³-hybridized carbons (Fsp3) is 0.208. The lowest BCUT2D eigenvalue weighted by molar-refractivity contribution is -0.113. The highest BCUT2D eigenvalue weighted by molar-refractivity contribution is 7.99. The van der Waals surface area contributed by atoms with E-state index in [1.807, 2.05) is 76.7 Å². The van der Waals surface area contributed by atoms with Gasteiger partial charge in [0.25, 0.3) is 0 Å². The number of hydrogen-bond donors (Lipinski definition) is 1. The highest BCUT2D eigenvalue weighted by atomic mass is 32.2. The van der Waals surface area contributed by atoms with Gasteiger partial charge in [0.2, 0.25) is 5.91 Å². The number of thioether (sulfide) groups is 1. The zero-order valence-corrected chi connectivity index (χ0v) is 19.7. The summed E-state index contributed by atoms with van der Waals surface area (Å²) in [5, 5.41) is 14.5. The zero-order chi connectivity index (χ0) is 22.3. The standard InChI is InChI=1S/C24H25N5OS2/c1-3-28(4-2)19-14-12-18(13-15-19)25-22(30)17-32-24-27-26-23(21-11-8-16-31-21)29(24)20-9-6-5-7-10-20/h5-16H,3-4,17H2,1-2H3,(H,25,30). The summed E-state index contributed by atoms with van der Waals surface area (Å²) in [5.41, 5.74) is 2.91. The van der Waals surface area contributed by atoms with Crippen LogP contribution < -0.4 is 10.2 Å².